The zero-order valence-corrected chi connectivity index (χ0v) is 9.27. The van der Waals surface area contributed by atoms with E-state index >= 15 is 0 Å². The number of carbonyl (C=O) groups is 2. The van der Waals surface area contributed by atoms with Crippen LogP contribution in [0, 0.1) is 17.8 Å². The Kier molecular flexibility index (Phi) is 2.54. The van der Waals surface area contributed by atoms with Gasteiger partial charge in [-0.2, -0.15) is 0 Å². The van der Waals surface area contributed by atoms with E-state index in [9.17, 15) is 9.59 Å². The van der Waals surface area contributed by atoms with Gasteiger partial charge in [-0.3, -0.25) is 14.5 Å². The molecule has 2 unspecified atom stereocenters. The predicted molar refractivity (Wildman–Crippen MR) is 55.7 cm³/mol. The monoisotopic (exact) mass is 210 g/mol. The minimum absolute atomic E-state index is 0.00616. The molecule has 0 aromatic carbocycles. The van der Waals surface area contributed by atoms with Gasteiger partial charge in [0.15, 0.2) is 0 Å². The largest absolute Gasteiger partial charge is 0.326 e. The second kappa shape index (κ2) is 3.59. The number of nitrogens with two attached hydrogens (primary N) is 1. The molecule has 84 valence electrons. The first-order valence-corrected chi connectivity index (χ1v) is 5.61. The van der Waals surface area contributed by atoms with E-state index in [-0.39, 0.29) is 29.7 Å². The molecule has 0 aromatic rings. The molecule has 2 rings (SSSR count). The molecule has 1 heterocycles. The summed E-state index contributed by atoms with van der Waals surface area (Å²) in [6, 6.07) is -0.130. The molecule has 2 aliphatic rings. The number of rotatable bonds is 2. The molecule has 3 atom stereocenters. The van der Waals surface area contributed by atoms with Crippen LogP contribution in [0.5, 0.6) is 0 Å². The Morgan fingerprint density at radius 1 is 1.33 bits per heavy atom. The zero-order chi connectivity index (χ0) is 11.2. The molecule has 0 aromatic heterocycles. The summed E-state index contributed by atoms with van der Waals surface area (Å²) < 4.78 is 0. The van der Waals surface area contributed by atoms with Crippen LogP contribution in [0.25, 0.3) is 0 Å². The van der Waals surface area contributed by atoms with Crippen LogP contribution >= 0.6 is 0 Å². The highest BCUT2D eigenvalue weighted by Crippen LogP contribution is 2.42. The number of amides is 2. The number of hydrogen-bond donors (Lipinski definition) is 1. The van der Waals surface area contributed by atoms with Crippen molar-refractivity contribution in [3.05, 3.63) is 0 Å². The van der Waals surface area contributed by atoms with Crippen LogP contribution in [0.2, 0.25) is 0 Å². The molecule has 0 spiro atoms. The molecule has 15 heavy (non-hydrogen) atoms. The van der Waals surface area contributed by atoms with Gasteiger partial charge in [0, 0.05) is 12.6 Å². The number of carbonyl (C=O) groups excluding carboxylic acids is 2. The van der Waals surface area contributed by atoms with E-state index in [1.807, 2.05) is 6.92 Å². The molecule has 0 bridgehead atoms. The maximum Gasteiger partial charge on any atom is 0.233 e. The first-order chi connectivity index (χ1) is 7.00. The van der Waals surface area contributed by atoms with Crippen molar-refractivity contribution in [3.8, 4) is 0 Å². The van der Waals surface area contributed by atoms with Gasteiger partial charge in [-0.25, -0.2) is 0 Å². The molecule has 4 nitrogen and oxygen atoms in total. The van der Waals surface area contributed by atoms with Crippen molar-refractivity contribution >= 4 is 11.8 Å². The van der Waals surface area contributed by atoms with Crippen molar-refractivity contribution in [3.63, 3.8) is 0 Å². The maximum atomic E-state index is 11.9. The highest BCUT2D eigenvalue weighted by Gasteiger charge is 2.51. The second-order valence-electron chi connectivity index (χ2n) is 5.05. The third kappa shape index (κ3) is 1.67. The Morgan fingerprint density at radius 2 is 1.80 bits per heavy atom. The lowest BCUT2D eigenvalue weighted by Crippen LogP contribution is -2.40. The van der Waals surface area contributed by atoms with Crippen molar-refractivity contribution in [2.75, 3.05) is 6.54 Å². The van der Waals surface area contributed by atoms with Gasteiger partial charge < -0.3 is 5.73 Å². The van der Waals surface area contributed by atoms with Crippen LogP contribution in [-0.2, 0) is 9.59 Å². The SMILES string of the molecule is CC1CC2C(=O)N(C[C@H](C)N)C(=O)C2C1. The Hall–Kier alpha value is -0.900. The van der Waals surface area contributed by atoms with E-state index in [4.69, 9.17) is 5.73 Å². The summed E-state index contributed by atoms with van der Waals surface area (Å²) in [6.45, 7) is 4.30. The predicted octanol–water partition coefficient (Wildman–Crippen LogP) is 0.365. The Bertz CT molecular complexity index is 277. The molecule has 1 aliphatic carbocycles. The molecule has 0 radical (unpaired) electrons. The van der Waals surface area contributed by atoms with Gasteiger partial charge in [-0.1, -0.05) is 6.92 Å². The topological polar surface area (TPSA) is 63.4 Å². The van der Waals surface area contributed by atoms with Crippen molar-refractivity contribution in [2.45, 2.75) is 32.7 Å². The van der Waals surface area contributed by atoms with Crippen LogP contribution in [-0.4, -0.2) is 29.3 Å². The molecule has 2 N–H and O–H groups in total. The normalized spacial score (nSPS) is 37.3. The fraction of sp³-hybridized carbons (Fsp3) is 0.818. The minimum Gasteiger partial charge on any atom is -0.326 e. The summed E-state index contributed by atoms with van der Waals surface area (Å²) in [6.07, 6.45) is 1.73. The molecular weight excluding hydrogens is 192 g/mol. The maximum absolute atomic E-state index is 11.9. The second-order valence-corrected chi connectivity index (χ2v) is 5.05. The molecule has 2 amide bonds. The lowest BCUT2D eigenvalue weighted by atomic mass is 10.00. The van der Waals surface area contributed by atoms with Gasteiger partial charge in [-0.05, 0) is 25.7 Å². The molecular formula is C11H18N2O2. The summed E-state index contributed by atoms with van der Waals surface area (Å²) in [5.41, 5.74) is 5.63. The van der Waals surface area contributed by atoms with Gasteiger partial charge in [-0.15, -0.1) is 0 Å². The first-order valence-electron chi connectivity index (χ1n) is 5.61. The Morgan fingerprint density at radius 3 is 2.20 bits per heavy atom. The summed E-state index contributed by atoms with van der Waals surface area (Å²) in [5.74, 6) is 0.418. The lowest BCUT2D eigenvalue weighted by molar-refractivity contribution is -0.140. The average Bonchev–Trinajstić information content (AvgIpc) is 2.61. The van der Waals surface area contributed by atoms with Crippen LogP contribution < -0.4 is 5.73 Å². The van der Waals surface area contributed by atoms with Gasteiger partial charge in [0.2, 0.25) is 11.8 Å². The van der Waals surface area contributed by atoms with Gasteiger partial charge in [0.25, 0.3) is 0 Å². The molecule has 1 saturated carbocycles. The number of fused-ring (bicyclic) bond motifs is 1. The smallest absolute Gasteiger partial charge is 0.233 e. The van der Waals surface area contributed by atoms with E-state index < -0.39 is 0 Å². The Balaban J connectivity index is 2.13. The van der Waals surface area contributed by atoms with Gasteiger partial charge in [0.05, 0.1) is 11.8 Å². The van der Waals surface area contributed by atoms with Crippen LogP contribution in [0.3, 0.4) is 0 Å². The van der Waals surface area contributed by atoms with E-state index in [1.165, 1.54) is 4.90 Å². The number of likely N-dealkylation sites (tertiary alicyclic amines) is 1. The highest BCUT2D eigenvalue weighted by molar-refractivity contribution is 6.05. The fourth-order valence-corrected chi connectivity index (χ4v) is 2.81. The van der Waals surface area contributed by atoms with Crippen molar-refractivity contribution in [2.24, 2.45) is 23.5 Å². The molecule has 4 heteroatoms. The van der Waals surface area contributed by atoms with Crippen molar-refractivity contribution in [1.82, 2.24) is 4.90 Å². The molecule has 2 fully saturated rings. The van der Waals surface area contributed by atoms with Crippen LogP contribution in [0.4, 0.5) is 0 Å². The fourth-order valence-electron chi connectivity index (χ4n) is 2.81. The zero-order valence-electron chi connectivity index (χ0n) is 9.27. The summed E-state index contributed by atoms with van der Waals surface area (Å²) >= 11 is 0. The number of hydrogen-bond acceptors (Lipinski definition) is 3. The van der Waals surface area contributed by atoms with E-state index in [0.717, 1.165) is 12.8 Å². The minimum atomic E-state index is -0.130. The molecule has 1 saturated heterocycles. The quantitative estimate of drug-likeness (QED) is 0.669. The third-order valence-electron chi connectivity index (χ3n) is 3.44. The van der Waals surface area contributed by atoms with E-state index in [0.29, 0.717) is 12.5 Å². The summed E-state index contributed by atoms with van der Waals surface area (Å²) in [5, 5.41) is 0. The summed E-state index contributed by atoms with van der Waals surface area (Å²) in [4.78, 5) is 25.2. The average molecular weight is 210 g/mol. The van der Waals surface area contributed by atoms with Gasteiger partial charge in [0.1, 0.15) is 0 Å². The lowest BCUT2D eigenvalue weighted by Gasteiger charge is -2.18. The van der Waals surface area contributed by atoms with Gasteiger partial charge >= 0.3 is 0 Å². The third-order valence-corrected chi connectivity index (χ3v) is 3.44. The van der Waals surface area contributed by atoms with Crippen molar-refractivity contribution < 1.29 is 9.59 Å². The molecule has 1 aliphatic heterocycles. The highest BCUT2D eigenvalue weighted by atomic mass is 16.2. The van der Waals surface area contributed by atoms with Crippen LogP contribution in [0.15, 0.2) is 0 Å². The van der Waals surface area contributed by atoms with Crippen molar-refractivity contribution in [1.29, 1.82) is 0 Å². The number of imide groups is 1. The summed E-state index contributed by atoms with van der Waals surface area (Å²) in [7, 11) is 0. The Labute approximate surface area is 89.8 Å². The van der Waals surface area contributed by atoms with Crippen LogP contribution in [0.1, 0.15) is 26.7 Å². The first kappa shape index (κ1) is 10.6. The van der Waals surface area contributed by atoms with E-state index in [1.54, 1.807) is 0 Å². The standard InChI is InChI=1S/C11H18N2O2/c1-6-3-8-9(4-6)11(15)13(10(8)14)5-7(2)12/h6-9H,3-5,12H2,1-2H3/t6?,7-,8?,9?/m0/s1. The number of nitrogens with zero attached hydrogens (tertiary/aromatic N) is 1. The van der Waals surface area contributed by atoms with E-state index in [2.05, 4.69) is 6.92 Å².